The molecule has 0 saturated heterocycles. The van der Waals surface area contributed by atoms with E-state index in [2.05, 4.69) is 31.5 Å². The molecule has 2 N–H and O–H groups in total. The van der Waals surface area contributed by atoms with Gasteiger partial charge in [0, 0.05) is 20.8 Å². The van der Waals surface area contributed by atoms with Gasteiger partial charge >= 0.3 is 0 Å². The molecule has 2 amide bonds. The number of hydrogen-bond acceptors (Lipinski definition) is 4. The fraction of sp³-hybridized carbons (Fsp3) is 0.312. The van der Waals surface area contributed by atoms with E-state index in [-0.39, 0.29) is 24.2 Å². The molecule has 2 aromatic rings. The van der Waals surface area contributed by atoms with Crippen molar-refractivity contribution in [2.45, 2.75) is 27.2 Å². The van der Waals surface area contributed by atoms with Crippen molar-refractivity contribution in [1.82, 2.24) is 4.98 Å². The molecular formula is C16H17BrClN3O2S. The van der Waals surface area contributed by atoms with Gasteiger partial charge in [-0.1, -0.05) is 25.4 Å². The van der Waals surface area contributed by atoms with E-state index < -0.39 is 0 Å². The maximum absolute atomic E-state index is 12.2. The van der Waals surface area contributed by atoms with E-state index in [1.165, 1.54) is 11.3 Å². The molecule has 0 aliphatic heterocycles. The summed E-state index contributed by atoms with van der Waals surface area (Å²) < 4.78 is 0.765. The first-order chi connectivity index (χ1) is 11.3. The molecule has 2 rings (SSSR count). The summed E-state index contributed by atoms with van der Waals surface area (Å²) in [5.41, 5.74) is 2.14. The second kappa shape index (κ2) is 8.09. The Morgan fingerprint density at radius 1 is 1.33 bits per heavy atom. The number of hydrogen-bond donors (Lipinski definition) is 2. The van der Waals surface area contributed by atoms with Crippen molar-refractivity contribution >= 4 is 61.5 Å². The molecule has 1 aromatic heterocycles. The summed E-state index contributed by atoms with van der Waals surface area (Å²) >= 11 is 10.8. The number of amides is 2. The quantitative estimate of drug-likeness (QED) is 0.725. The summed E-state index contributed by atoms with van der Waals surface area (Å²) in [6.45, 7) is 5.50. The predicted molar refractivity (Wildman–Crippen MR) is 102 cm³/mol. The number of carbonyl (C=O) groups excluding carboxylic acids is 2. The first kappa shape index (κ1) is 18.9. The van der Waals surface area contributed by atoms with Gasteiger partial charge in [-0.25, -0.2) is 4.98 Å². The molecule has 1 aromatic carbocycles. The predicted octanol–water partition coefficient (Wildman–Crippen LogP) is 4.64. The molecule has 0 aliphatic carbocycles. The normalized spacial score (nSPS) is 10.8. The van der Waals surface area contributed by atoms with Gasteiger partial charge in [0.1, 0.15) is 0 Å². The van der Waals surface area contributed by atoms with Gasteiger partial charge in [0.15, 0.2) is 5.13 Å². The Labute approximate surface area is 157 Å². The second-order valence-electron chi connectivity index (χ2n) is 5.59. The van der Waals surface area contributed by atoms with E-state index in [0.29, 0.717) is 21.5 Å². The molecule has 24 heavy (non-hydrogen) atoms. The van der Waals surface area contributed by atoms with Crippen LogP contribution in [0.3, 0.4) is 0 Å². The van der Waals surface area contributed by atoms with E-state index in [1.54, 1.807) is 11.4 Å². The first-order valence-corrected chi connectivity index (χ1v) is 9.32. The van der Waals surface area contributed by atoms with Crippen molar-refractivity contribution in [1.29, 1.82) is 0 Å². The average molecular weight is 431 g/mol. The molecule has 0 atom stereocenters. The Morgan fingerprint density at radius 2 is 2.04 bits per heavy atom. The van der Waals surface area contributed by atoms with Gasteiger partial charge in [-0.2, -0.15) is 0 Å². The lowest BCUT2D eigenvalue weighted by atomic mass is 10.2. The molecule has 8 heteroatoms. The molecule has 0 radical (unpaired) electrons. The van der Waals surface area contributed by atoms with Crippen LogP contribution in [0.2, 0.25) is 5.02 Å². The molecule has 0 bridgehead atoms. The monoisotopic (exact) mass is 429 g/mol. The Balaban J connectivity index is 1.99. The summed E-state index contributed by atoms with van der Waals surface area (Å²) in [6.07, 6.45) is 0.117. The van der Waals surface area contributed by atoms with Gasteiger partial charge in [0.2, 0.25) is 11.8 Å². The maximum atomic E-state index is 12.2. The fourth-order valence-electron chi connectivity index (χ4n) is 1.80. The van der Waals surface area contributed by atoms with Crippen LogP contribution in [0.4, 0.5) is 10.8 Å². The van der Waals surface area contributed by atoms with Crippen LogP contribution < -0.4 is 10.6 Å². The van der Waals surface area contributed by atoms with E-state index >= 15 is 0 Å². The van der Waals surface area contributed by atoms with Crippen LogP contribution in [0.25, 0.3) is 0 Å². The van der Waals surface area contributed by atoms with Crippen molar-refractivity contribution in [3.05, 3.63) is 38.3 Å². The Morgan fingerprint density at radius 3 is 2.71 bits per heavy atom. The maximum Gasteiger partial charge on any atom is 0.230 e. The molecule has 5 nitrogen and oxygen atoms in total. The van der Waals surface area contributed by atoms with Crippen LogP contribution in [0.5, 0.6) is 0 Å². The minimum Gasteiger partial charge on any atom is -0.325 e. The summed E-state index contributed by atoms with van der Waals surface area (Å²) in [6, 6.07) is 3.55. The number of carbonyl (C=O) groups is 2. The number of anilines is 2. The number of thiazole rings is 1. The summed E-state index contributed by atoms with van der Waals surface area (Å²) in [5.74, 6) is -0.425. The Bertz CT molecular complexity index is 777. The zero-order chi connectivity index (χ0) is 17.9. The lowest BCUT2D eigenvalue weighted by Crippen LogP contribution is -2.18. The highest BCUT2D eigenvalue weighted by atomic mass is 79.9. The molecule has 1 heterocycles. The van der Waals surface area contributed by atoms with Crippen LogP contribution in [0.15, 0.2) is 22.0 Å². The van der Waals surface area contributed by atoms with E-state index in [1.807, 2.05) is 26.8 Å². The van der Waals surface area contributed by atoms with Crippen LogP contribution in [-0.2, 0) is 16.0 Å². The lowest BCUT2D eigenvalue weighted by Gasteiger charge is -2.09. The third kappa shape index (κ3) is 5.03. The molecular weight excluding hydrogens is 414 g/mol. The third-order valence-electron chi connectivity index (χ3n) is 3.17. The summed E-state index contributed by atoms with van der Waals surface area (Å²) in [5, 5.41) is 8.36. The number of rotatable bonds is 5. The molecule has 128 valence electrons. The zero-order valence-corrected chi connectivity index (χ0v) is 16.6. The standard InChI is InChI=1S/C16H17BrClN3O2S/c1-8(2)15(23)21-16-19-10(7-24-16)5-14(22)20-13-6-12(18)9(3)4-11(13)17/h4,6-8H,5H2,1-3H3,(H,20,22)(H,19,21,23). The first-order valence-electron chi connectivity index (χ1n) is 7.27. The van der Waals surface area contributed by atoms with Crippen molar-refractivity contribution in [2.75, 3.05) is 10.6 Å². The van der Waals surface area contributed by atoms with Gasteiger partial charge in [0.05, 0.1) is 17.8 Å². The minimum absolute atomic E-state index is 0.0985. The number of aryl methyl sites for hydroxylation is 1. The van der Waals surface area contributed by atoms with Gasteiger partial charge in [-0.3, -0.25) is 9.59 Å². The highest BCUT2D eigenvalue weighted by Gasteiger charge is 2.13. The van der Waals surface area contributed by atoms with Crippen molar-refractivity contribution in [3.63, 3.8) is 0 Å². The highest BCUT2D eigenvalue weighted by molar-refractivity contribution is 9.10. The van der Waals surface area contributed by atoms with Crippen molar-refractivity contribution in [2.24, 2.45) is 5.92 Å². The van der Waals surface area contributed by atoms with Gasteiger partial charge in [0.25, 0.3) is 0 Å². The molecule has 0 aliphatic rings. The second-order valence-corrected chi connectivity index (χ2v) is 7.71. The van der Waals surface area contributed by atoms with Crippen LogP contribution in [-0.4, -0.2) is 16.8 Å². The minimum atomic E-state index is -0.206. The number of halogens is 2. The smallest absolute Gasteiger partial charge is 0.230 e. The van der Waals surface area contributed by atoms with E-state index in [0.717, 1.165) is 10.0 Å². The largest absolute Gasteiger partial charge is 0.325 e. The molecule has 0 spiro atoms. The van der Waals surface area contributed by atoms with Crippen LogP contribution >= 0.6 is 38.9 Å². The zero-order valence-electron chi connectivity index (χ0n) is 13.4. The van der Waals surface area contributed by atoms with Crippen molar-refractivity contribution in [3.8, 4) is 0 Å². The molecule has 0 unspecified atom stereocenters. The van der Waals surface area contributed by atoms with E-state index in [9.17, 15) is 9.59 Å². The summed E-state index contributed by atoms with van der Waals surface area (Å²) in [7, 11) is 0. The lowest BCUT2D eigenvalue weighted by molar-refractivity contribution is -0.119. The number of nitrogens with zero attached hydrogens (tertiary/aromatic N) is 1. The number of aromatic nitrogens is 1. The molecule has 0 saturated carbocycles. The van der Waals surface area contributed by atoms with Crippen molar-refractivity contribution < 1.29 is 9.59 Å². The third-order valence-corrected chi connectivity index (χ3v) is 5.04. The highest BCUT2D eigenvalue weighted by Crippen LogP contribution is 2.29. The summed E-state index contributed by atoms with van der Waals surface area (Å²) in [4.78, 5) is 28.1. The van der Waals surface area contributed by atoms with Gasteiger partial charge in [-0.05, 0) is 40.5 Å². The average Bonchev–Trinajstić information content (AvgIpc) is 2.91. The van der Waals surface area contributed by atoms with Gasteiger partial charge in [-0.15, -0.1) is 11.3 Å². The number of nitrogens with one attached hydrogen (secondary N) is 2. The topological polar surface area (TPSA) is 71.1 Å². The number of benzene rings is 1. The van der Waals surface area contributed by atoms with Crippen LogP contribution in [0.1, 0.15) is 25.1 Å². The fourth-order valence-corrected chi connectivity index (χ4v) is 3.23. The van der Waals surface area contributed by atoms with Crippen LogP contribution in [0, 0.1) is 12.8 Å². The van der Waals surface area contributed by atoms with E-state index in [4.69, 9.17) is 11.6 Å². The van der Waals surface area contributed by atoms with Gasteiger partial charge < -0.3 is 10.6 Å². The Hall–Kier alpha value is -1.44. The Kier molecular flexibility index (Phi) is 6.37. The SMILES string of the molecule is Cc1cc(Br)c(NC(=O)Cc2csc(NC(=O)C(C)C)n2)cc1Cl. The molecule has 0 fully saturated rings.